The summed E-state index contributed by atoms with van der Waals surface area (Å²) in [4.78, 5) is 0. The third kappa shape index (κ3) is 4.96. The molecule has 1 rings (SSSR count). The Morgan fingerprint density at radius 3 is 2.53 bits per heavy atom. The van der Waals surface area contributed by atoms with E-state index in [1.807, 2.05) is 6.92 Å². The molecular formula is C13H20O2. The van der Waals surface area contributed by atoms with Crippen molar-refractivity contribution in [2.75, 3.05) is 13.2 Å². The van der Waals surface area contributed by atoms with Crippen LogP contribution >= 0.6 is 0 Å². The number of hydrogen-bond donors (Lipinski definition) is 1. The zero-order chi connectivity index (χ0) is 11.1. The molecule has 0 radical (unpaired) electrons. The Bertz CT molecular complexity index is 266. The summed E-state index contributed by atoms with van der Waals surface area (Å²) in [6.07, 6.45) is 1.13. The van der Waals surface area contributed by atoms with Crippen LogP contribution in [0.15, 0.2) is 24.3 Å². The minimum atomic E-state index is -0.292. The first-order chi connectivity index (χ1) is 7.22. The van der Waals surface area contributed by atoms with E-state index in [1.165, 1.54) is 11.1 Å². The molecule has 2 heteroatoms. The highest BCUT2D eigenvalue weighted by atomic mass is 16.5. The maximum atomic E-state index is 9.72. The maximum Gasteiger partial charge on any atom is 0.0602 e. The molecule has 15 heavy (non-hydrogen) atoms. The molecular weight excluding hydrogens is 188 g/mol. The van der Waals surface area contributed by atoms with Gasteiger partial charge in [-0.2, -0.15) is 0 Å². The first kappa shape index (κ1) is 12.2. The summed E-state index contributed by atoms with van der Waals surface area (Å²) >= 11 is 0. The molecule has 84 valence electrons. The number of benzene rings is 1. The van der Waals surface area contributed by atoms with Crippen LogP contribution in [0.3, 0.4) is 0 Å². The molecule has 2 nitrogen and oxygen atoms in total. The first-order valence-corrected chi connectivity index (χ1v) is 5.53. The van der Waals surface area contributed by atoms with Crippen molar-refractivity contribution in [2.24, 2.45) is 0 Å². The zero-order valence-corrected chi connectivity index (χ0v) is 9.57. The van der Waals surface area contributed by atoms with Gasteiger partial charge in [0.1, 0.15) is 0 Å². The van der Waals surface area contributed by atoms with Crippen LogP contribution in [0.5, 0.6) is 0 Å². The Labute approximate surface area is 91.9 Å². The van der Waals surface area contributed by atoms with Gasteiger partial charge in [-0.3, -0.25) is 0 Å². The summed E-state index contributed by atoms with van der Waals surface area (Å²) in [5.74, 6) is 0. The van der Waals surface area contributed by atoms with Gasteiger partial charge in [0.05, 0.1) is 6.10 Å². The van der Waals surface area contributed by atoms with Crippen LogP contribution in [0.1, 0.15) is 24.5 Å². The van der Waals surface area contributed by atoms with Gasteiger partial charge in [0, 0.05) is 13.2 Å². The number of rotatable bonds is 6. The second-order valence-electron chi connectivity index (χ2n) is 3.83. The summed E-state index contributed by atoms with van der Waals surface area (Å²) in [5.41, 5.74) is 2.44. The molecule has 1 atom stereocenters. The van der Waals surface area contributed by atoms with Gasteiger partial charge in [-0.25, -0.2) is 0 Å². The molecule has 0 saturated carbocycles. The van der Waals surface area contributed by atoms with Crippen LogP contribution in [-0.2, 0) is 11.2 Å². The van der Waals surface area contributed by atoms with Gasteiger partial charge in [0.2, 0.25) is 0 Å². The van der Waals surface area contributed by atoms with Crippen molar-refractivity contribution < 1.29 is 9.84 Å². The van der Waals surface area contributed by atoms with Crippen LogP contribution in [0, 0.1) is 6.92 Å². The van der Waals surface area contributed by atoms with Crippen LogP contribution in [0.4, 0.5) is 0 Å². The molecule has 1 unspecified atom stereocenters. The van der Waals surface area contributed by atoms with Crippen LogP contribution in [-0.4, -0.2) is 24.4 Å². The molecule has 0 amide bonds. The van der Waals surface area contributed by atoms with E-state index >= 15 is 0 Å². The largest absolute Gasteiger partial charge is 0.393 e. The van der Waals surface area contributed by atoms with E-state index in [0.29, 0.717) is 19.4 Å². The van der Waals surface area contributed by atoms with E-state index in [0.717, 1.165) is 6.61 Å². The molecule has 0 aliphatic carbocycles. The molecule has 0 aliphatic heterocycles. The van der Waals surface area contributed by atoms with Crippen LogP contribution < -0.4 is 0 Å². The Kier molecular flexibility index (Phi) is 5.37. The topological polar surface area (TPSA) is 29.5 Å². The third-order valence-corrected chi connectivity index (χ3v) is 2.39. The summed E-state index contributed by atoms with van der Waals surface area (Å²) in [5, 5.41) is 9.72. The fourth-order valence-corrected chi connectivity index (χ4v) is 1.46. The van der Waals surface area contributed by atoms with E-state index in [2.05, 4.69) is 31.2 Å². The number of aliphatic hydroxyl groups is 1. The monoisotopic (exact) mass is 208 g/mol. The Morgan fingerprint density at radius 1 is 1.27 bits per heavy atom. The van der Waals surface area contributed by atoms with E-state index in [-0.39, 0.29) is 6.10 Å². The average molecular weight is 208 g/mol. The van der Waals surface area contributed by atoms with Gasteiger partial charge in [-0.1, -0.05) is 29.8 Å². The van der Waals surface area contributed by atoms with E-state index in [1.54, 1.807) is 0 Å². The predicted molar refractivity (Wildman–Crippen MR) is 62.0 cm³/mol. The van der Waals surface area contributed by atoms with Gasteiger partial charge in [-0.05, 0) is 32.3 Å². The lowest BCUT2D eigenvalue weighted by molar-refractivity contribution is 0.0887. The summed E-state index contributed by atoms with van der Waals surface area (Å²) in [6.45, 7) is 5.39. The first-order valence-electron chi connectivity index (χ1n) is 5.53. The normalized spacial score (nSPS) is 12.7. The second kappa shape index (κ2) is 6.59. The number of aliphatic hydroxyl groups excluding tert-OH is 1. The lowest BCUT2D eigenvalue weighted by atomic mass is 10.0. The highest BCUT2D eigenvalue weighted by molar-refractivity contribution is 5.21. The van der Waals surface area contributed by atoms with Crippen molar-refractivity contribution in [3.8, 4) is 0 Å². The van der Waals surface area contributed by atoms with Crippen LogP contribution in [0.25, 0.3) is 0 Å². The quantitative estimate of drug-likeness (QED) is 0.727. The zero-order valence-electron chi connectivity index (χ0n) is 9.57. The number of ether oxygens (including phenoxy) is 1. The number of hydrogen-bond acceptors (Lipinski definition) is 2. The van der Waals surface area contributed by atoms with Crippen molar-refractivity contribution in [1.82, 2.24) is 0 Å². The Morgan fingerprint density at radius 2 is 1.93 bits per heavy atom. The predicted octanol–water partition coefficient (Wildman–Crippen LogP) is 2.33. The fourth-order valence-electron chi connectivity index (χ4n) is 1.46. The highest BCUT2D eigenvalue weighted by Crippen LogP contribution is 2.07. The standard InChI is InChI=1S/C13H20O2/c1-3-15-9-8-13(14)10-12-6-4-11(2)5-7-12/h4-7,13-14H,3,8-10H2,1-2H3. The smallest absolute Gasteiger partial charge is 0.0602 e. The molecule has 0 fully saturated rings. The van der Waals surface area contributed by atoms with Gasteiger partial charge in [0.25, 0.3) is 0 Å². The fraction of sp³-hybridized carbons (Fsp3) is 0.538. The van der Waals surface area contributed by atoms with Gasteiger partial charge in [-0.15, -0.1) is 0 Å². The Hall–Kier alpha value is -0.860. The molecule has 0 bridgehead atoms. The van der Waals surface area contributed by atoms with Crippen molar-refractivity contribution in [1.29, 1.82) is 0 Å². The molecule has 0 aliphatic rings. The Balaban J connectivity index is 2.31. The molecule has 0 saturated heterocycles. The summed E-state index contributed by atoms with van der Waals surface area (Å²) in [6, 6.07) is 8.29. The lowest BCUT2D eigenvalue weighted by Crippen LogP contribution is -2.13. The SMILES string of the molecule is CCOCCC(O)Cc1ccc(C)cc1. The van der Waals surface area contributed by atoms with E-state index in [4.69, 9.17) is 4.74 Å². The molecule has 0 spiro atoms. The maximum absolute atomic E-state index is 9.72. The van der Waals surface area contributed by atoms with Crippen molar-refractivity contribution in [2.45, 2.75) is 32.8 Å². The number of aryl methyl sites for hydroxylation is 1. The summed E-state index contributed by atoms with van der Waals surface area (Å²) in [7, 11) is 0. The average Bonchev–Trinajstić information content (AvgIpc) is 2.22. The van der Waals surface area contributed by atoms with Crippen LogP contribution in [0.2, 0.25) is 0 Å². The highest BCUT2D eigenvalue weighted by Gasteiger charge is 2.04. The van der Waals surface area contributed by atoms with Crippen molar-refractivity contribution in [3.05, 3.63) is 35.4 Å². The van der Waals surface area contributed by atoms with E-state index < -0.39 is 0 Å². The minimum Gasteiger partial charge on any atom is -0.393 e. The third-order valence-electron chi connectivity index (χ3n) is 2.39. The molecule has 1 aromatic carbocycles. The second-order valence-corrected chi connectivity index (χ2v) is 3.83. The lowest BCUT2D eigenvalue weighted by Gasteiger charge is -2.10. The summed E-state index contributed by atoms with van der Waals surface area (Å²) < 4.78 is 5.20. The van der Waals surface area contributed by atoms with Crippen molar-refractivity contribution >= 4 is 0 Å². The van der Waals surface area contributed by atoms with E-state index in [9.17, 15) is 5.11 Å². The van der Waals surface area contributed by atoms with Crippen molar-refractivity contribution in [3.63, 3.8) is 0 Å². The molecule has 1 N–H and O–H groups in total. The van der Waals surface area contributed by atoms with Gasteiger partial charge < -0.3 is 9.84 Å². The van der Waals surface area contributed by atoms with Gasteiger partial charge in [0.15, 0.2) is 0 Å². The molecule has 0 heterocycles. The minimum absolute atomic E-state index is 0.292. The molecule has 0 aromatic heterocycles. The molecule has 1 aromatic rings. The van der Waals surface area contributed by atoms with Gasteiger partial charge >= 0.3 is 0 Å².